The molecule has 2 heterocycles. The van der Waals surface area contributed by atoms with Gasteiger partial charge in [-0.25, -0.2) is 9.78 Å². The Kier molecular flexibility index (Phi) is 6.75. The predicted molar refractivity (Wildman–Crippen MR) is 130 cm³/mol. The van der Waals surface area contributed by atoms with Gasteiger partial charge >= 0.3 is 5.69 Å². The van der Waals surface area contributed by atoms with Crippen LogP contribution in [0.5, 0.6) is 0 Å². The smallest absolute Gasteiger partial charge is 0.348 e. The largest absolute Gasteiger partial charge is 0.365 e. The van der Waals surface area contributed by atoms with Crippen LogP contribution in [0.2, 0.25) is 0 Å². The van der Waals surface area contributed by atoms with E-state index in [1.807, 2.05) is 67.5 Å². The van der Waals surface area contributed by atoms with Gasteiger partial charge in [-0.2, -0.15) is 4.98 Å². The van der Waals surface area contributed by atoms with Gasteiger partial charge in [0.1, 0.15) is 11.5 Å². The topological polar surface area (TPSA) is 103 Å². The number of benzene rings is 2. The third kappa shape index (κ3) is 5.61. The highest BCUT2D eigenvalue weighted by Gasteiger charge is 2.09. The Morgan fingerprint density at radius 2 is 1.82 bits per heavy atom. The lowest BCUT2D eigenvalue weighted by atomic mass is 10.0. The maximum atomic E-state index is 12.5. The van der Waals surface area contributed by atoms with Crippen LogP contribution in [0.15, 0.2) is 71.7 Å². The van der Waals surface area contributed by atoms with Crippen LogP contribution in [0.1, 0.15) is 15.9 Å². The second-order valence-electron chi connectivity index (χ2n) is 7.98. The van der Waals surface area contributed by atoms with Crippen molar-refractivity contribution in [3.63, 3.8) is 0 Å². The van der Waals surface area contributed by atoms with Crippen LogP contribution in [0.3, 0.4) is 0 Å². The van der Waals surface area contributed by atoms with Gasteiger partial charge in [0.05, 0.1) is 5.39 Å². The number of hydrogen-bond donors (Lipinski definition) is 3. The van der Waals surface area contributed by atoms with E-state index in [2.05, 4.69) is 31.7 Å². The van der Waals surface area contributed by atoms with Crippen LogP contribution in [-0.4, -0.2) is 52.9 Å². The molecule has 0 aliphatic carbocycles. The summed E-state index contributed by atoms with van der Waals surface area (Å²) in [6.07, 6.45) is 1.63. The van der Waals surface area contributed by atoms with Crippen molar-refractivity contribution in [2.24, 2.45) is 0 Å². The highest BCUT2D eigenvalue weighted by atomic mass is 16.1. The van der Waals surface area contributed by atoms with E-state index in [4.69, 9.17) is 0 Å². The van der Waals surface area contributed by atoms with Gasteiger partial charge in [0.15, 0.2) is 0 Å². The highest BCUT2D eigenvalue weighted by molar-refractivity contribution is 5.95. The molecule has 3 N–H and O–H groups in total. The molecule has 0 saturated heterocycles. The Morgan fingerprint density at radius 1 is 1.03 bits per heavy atom. The van der Waals surface area contributed by atoms with Crippen molar-refractivity contribution >= 4 is 22.8 Å². The molecule has 4 rings (SSSR count). The van der Waals surface area contributed by atoms with Gasteiger partial charge in [0.2, 0.25) is 0 Å². The number of aromatic nitrogens is 3. The monoisotopic (exact) mass is 442 g/mol. The highest BCUT2D eigenvalue weighted by Crippen LogP contribution is 2.23. The van der Waals surface area contributed by atoms with Crippen molar-refractivity contribution in [3.8, 4) is 11.1 Å². The number of aromatic amines is 1. The van der Waals surface area contributed by atoms with Gasteiger partial charge in [0.25, 0.3) is 5.91 Å². The molecule has 0 radical (unpaired) electrons. The van der Waals surface area contributed by atoms with Crippen molar-refractivity contribution in [3.05, 3.63) is 88.5 Å². The van der Waals surface area contributed by atoms with E-state index in [1.54, 1.807) is 12.3 Å². The molecule has 2 aromatic carbocycles. The Bertz CT molecular complexity index is 1330. The maximum Gasteiger partial charge on any atom is 0.348 e. The summed E-state index contributed by atoms with van der Waals surface area (Å²) in [5.41, 5.74) is 3.66. The zero-order chi connectivity index (χ0) is 23.2. The number of carbonyl (C=O) groups excluding carboxylic acids is 1. The average Bonchev–Trinajstić information content (AvgIpc) is 2.82. The SMILES string of the molecule is CN(C)CCNC(=O)c1cccc(-c2cccc(CNc3nc(=O)[nH]c4ncccc34)c2)c1. The third-order valence-electron chi connectivity index (χ3n) is 5.19. The van der Waals surface area contributed by atoms with Crippen molar-refractivity contribution < 1.29 is 4.79 Å². The molecule has 4 aromatic rings. The minimum Gasteiger partial charge on any atom is -0.365 e. The van der Waals surface area contributed by atoms with Crippen molar-refractivity contribution in [1.82, 2.24) is 25.2 Å². The first-order valence-corrected chi connectivity index (χ1v) is 10.7. The summed E-state index contributed by atoms with van der Waals surface area (Å²) in [5, 5.41) is 6.94. The second-order valence-corrected chi connectivity index (χ2v) is 7.98. The van der Waals surface area contributed by atoms with E-state index < -0.39 is 5.69 Å². The molecule has 0 aliphatic rings. The number of carbonyl (C=O) groups is 1. The molecular weight excluding hydrogens is 416 g/mol. The van der Waals surface area contributed by atoms with Crippen molar-refractivity contribution in [2.45, 2.75) is 6.54 Å². The summed E-state index contributed by atoms with van der Waals surface area (Å²) < 4.78 is 0. The molecule has 1 amide bonds. The van der Waals surface area contributed by atoms with Crippen LogP contribution in [0.4, 0.5) is 5.82 Å². The van der Waals surface area contributed by atoms with Gasteiger partial charge in [-0.1, -0.05) is 30.3 Å². The van der Waals surface area contributed by atoms with E-state index in [0.717, 1.165) is 28.6 Å². The fourth-order valence-corrected chi connectivity index (χ4v) is 3.50. The summed E-state index contributed by atoms with van der Waals surface area (Å²) in [5.74, 6) is 0.404. The summed E-state index contributed by atoms with van der Waals surface area (Å²) in [6, 6.07) is 19.3. The molecule has 0 atom stereocenters. The Balaban J connectivity index is 1.50. The van der Waals surface area contributed by atoms with Gasteiger partial charge in [0, 0.05) is 31.4 Å². The fraction of sp³-hybridized carbons (Fsp3) is 0.200. The lowest BCUT2D eigenvalue weighted by Gasteiger charge is -2.12. The van der Waals surface area contributed by atoms with E-state index in [0.29, 0.717) is 30.1 Å². The number of pyridine rings is 1. The molecule has 2 aromatic heterocycles. The first-order chi connectivity index (χ1) is 16.0. The Morgan fingerprint density at radius 3 is 2.64 bits per heavy atom. The molecule has 8 nitrogen and oxygen atoms in total. The predicted octanol–water partition coefficient (Wildman–Crippen LogP) is 2.89. The minimum absolute atomic E-state index is 0.0858. The number of nitrogens with one attached hydrogen (secondary N) is 3. The Labute approximate surface area is 191 Å². The standard InChI is InChI=1S/C25H26N6O2/c1-31(2)13-12-27-24(32)20-9-4-8-19(15-20)18-7-3-6-17(14-18)16-28-23-21-10-5-11-26-22(21)29-25(33)30-23/h3-11,14-15H,12-13,16H2,1-2H3,(H,27,32)(H2,26,28,29,30,33). The van der Waals surface area contributed by atoms with Crippen molar-refractivity contribution in [1.29, 1.82) is 0 Å². The number of hydrogen-bond acceptors (Lipinski definition) is 6. The van der Waals surface area contributed by atoms with Crippen LogP contribution < -0.4 is 16.3 Å². The third-order valence-corrected chi connectivity index (χ3v) is 5.19. The molecule has 168 valence electrons. The number of nitrogens with zero attached hydrogens (tertiary/aromatic N) is 3. The number of fused-ring (bicyclic) bond motifs is 1. The number of likely N-dealkylation sites (N-methyl/N-ethyl adjacent to an activating group) is 1. The molecule has 0 saturated carbocycles. The van der Waals surface area contributed by atoms with E-state index in [1.165, 1.54) is 0 Å². The van der Waals surface area contributed by atoms with E-state index >= 15 is 0 Å². The summed E-state index contributed by atoms with van der Waals surface area (Å²) in [6.45, 7) is 1.87. The van der Waals surface area contributed by atoms with Crippen molar-refractivity contribution in [2.75, 3.05) is 32.5 Å². The van der Waals surface area contributed by atoms with E-state index in [9.17, 15) is 9.59 Å². The second kappa shape index (κ2) is 10.1. The quantitative estimate of drug-likeness (QED) is 0.388. The lowest BCUT2D eigenvalue weighted by molar-refractivity contribution is 0.0951. The number of H-pyrrole nitrogens is 1. The van der Waals surface area contributed by atoms with Crippen LogP contribution in [-0.2, 0) is 6.54 Å². The lowest BCUT2D eigenvalue weighted by Crippen LogP contribution is -2.31. The minimum atomic E-state index is -0.446. The first-order valence-electron chi connectivity index (χ1n) is 10.7. The van der Waals surface area contributed by atoms with E-state index in [-0.39, 0.29) is 5.91 Å². The molecule has 0 bridgehead atoms. The van der Waals surface area contributed by atoms with Gasteiger partial charge in [-0.3, -0.25) is 9.78 Å². The molecule has 33 heavy (non-hydrogen) atoms. The molecule has 0 fully saturated rings. The zero-order valence-corrected chi connectivity index (χ0v) is 18.6. The average molecular weight is 443 g/mol. The van der Waals surface area contributed by atoms with Gasteiger partial charge < -0.3 is 15.5 Å². The number of anilines is 1. The van der Waals surface area contributed by atoms with Crippen LogP contribution in [0.25, 0.3) is 22.2 Å². The Hall–Kier alpha value is -4.04. The first kappa shape index (κ1) is 22.2. The summed E-state index contributed by atoms with van der Waals surface area (Å²) in [4.78, 5) is 37.3. The van der Waals surface area contributed by atoms with Crippen LogP contribution in [0, 0.1) is 0 Å². The number of amides is 1. The molecule has 0 unspecified atom stereocenters. The van der Waals surface area contributed by atoms with Gasteiger partial charge in [-0.05, 0) is 61.1 Å². The maximum absolute atomic E-state index is 12.5. The summed E-state index contributed by atoms with van der Waals surface area (Å²) in [7, 11) is 3.94. The molecular formula is C25H26N6O2. The fourth-order valence-electron chi connectivity index (χ4n) is 3.50. The zero-order valence-electron chi connectivity index (χ0n) is 18.6. The summed E-state index contributed by atoms with van der Waals surface area (Å²) >= 11 is 0. The normalized spacial score (nSPS) is 11.0. The molecule has 0 spiro atoms. The number of rotatable bonds is 8. The molecule has 0 aliphatic heterocycles. The van der Waals surface area contributed by atoms with Crippen LogP contribution >= 0.6 is 0 Å². The molecule has 8 heteroatoms. The van der Waals surface area contributed by atoms with Gasteiger partial charge in [-0.15, -0.1) is 0 Å².